The van der Waals surface area contributed by atoms with Gasteiger partial charge in [-0.05, 0) is 31.0 Å². The van der Waals surface area contributed by atoms with Crippen LogP contribution in [-0.2, 0) is 6.54 Å². The molecule has 0 atom stereocenters. The van der Waals surface area contributed by atoms with E-state index in [9.17, 15) is 4.39 Å². The summed E-state index contributed by atoms with van der Waals surface area (Å²) in [5.41, 5.74) is 6.34. The lowest BCUT2D eigenvalue weighted by atomic mass is 10.3. The highest BCUT2D eigenvalue weighted by Crippen LogP contribution is 2.38. The van der Waals surface area contributed by atoms with Crippen LogP contribution in [0.3, 0.4) is 0 Å². The average Bonchev–Trinajstić information content (AvgIpc) is 3.12. The van der Waals surface area contributed by atoms with Crippen LogP contribution < -0.4 is 5.73 Å². The van der Waals surface area contributed by atoms with Gasteiger partial charge in [0.15, 0.2) is 5.82 Å². The molecule has 2 N–H and O–H groups in total. The maximum atomic E-state index is 13.1. The first kappa shape index (κ1) is 11.6. The number of nitrogens with zero attached hydrogens (tertiary/aromatic N) is 3. The van der Waals surface area contributed by atoms with Crippen molar-refractivity contribution in [2.75, 3.05) is 0 Å². The van der Waals surface area contributed by atoms with E-state index >= 15 is 0 Å². The molecule has 0 unspecified atom stereocenters. The predicted molar refractivity (Wildman–Crippen MR) is 66.2 cm³/mol. The van der Waals surface area contributed by atoms with Gasteiger partial charge in [-0.25, -0.2) is 14.1 Å². The summed E-state index contributed by atoms with van der Waals surface area (Å²) in [6.07, 6.45) is 2.25. The molecule has 4 nitrogen and oxygen atoms in total. The fourth-order valence-electron chi connectivity index (χ4n) is 1.83. The van der Waals surface area contributed by atoms with Crippen molar-refractivity contribution in [1.29, 1.82) is 0 Å². The Labute approximate surface area is 109 Å². The molecule has 1 saturated carbocycles. The largest absolute Gasteiger partial charge is 0.324 e. The van der Waals surface area contributed by atoms with Crippen molar-refractivity contribution in [2.45, 2.75) is 25.3 Å². The van der Waals surface area contributed by atoms with E-state index in [0.717, 1.165) is 18.7 Å². The van der Waals surface area contributed by atoms with Crippen LogP contribution >= 0.6 is 11.6 Å². The van der Waals surface area contributed by atoms with E-state index in [1.54, 1.807) is 10.7 Å². The Bertz CT molecular complexity index is 592. The van der Waals surface area contributed by atoms with E-state index < -0.39 is 5.82 Å². The fraction of sp³-hybridized carbons (Fsp3) is 0.333. The van der Waals surface area contributed by atoms with Gasteiger partial charge in [0, 0.05) is 5.92 Å². The maximum Gasteiger partial charge on any atom is 0.154 e. The second kappa shape index (κ2) is 4.33. The Kier molecular flexibility index (Phi) is 2.80. The molecule has 1 fully saturated rings. The van der Waals surface area contributed by atoms with Crippen molar-refractivity contribution in [3.63, 3.8) is 0 Å². The van der Waals surface area contributed by atoms with E-state index in [0.29, 0.717) is 17.4 Å². The zero-order valence-electron chi connectivity index (χ0n) is 9.61. The summed E-state index contributed by atoms with van der Waals surface area (Å²) in [7, 11) is 0. The van der Waals surface area contributed by atoms with Gasteiger partial charge in [0.05, 0.1) is 17.3 Å². The first-order valence-corrected chi connectivity index (χ1v) is 6.18. The van der Waals surface area contributed by atoms with Gasteiger partial charge in [-0.2, -0.15) is 5.10 Å². The van der Waals surface area contributed by atoms with Crippen LogP contribution in [0.25, 0.3) is 5.69 Å². The Hall–Kier alpha value is -1.46. The van der Waals surface area contributed by atoms with Crippen LogP contribution in [0.1, 0.15) is 30.4 Å². The molecular formula is C12H12ClFN4. The fourth-order valence-corrected chi connectivity index (χ4v) is 2.01. The molecule has 2 aromatic rings. The normalized spacial score (nSPS) is 15.1. The number of benzene rings is 1. The summed E-state index contributed by atoms with van der Waals surface area (Å²) in [6.45, 7) is 0.286. The Morgan fingerprint density at radius 1 is 1.44 bits per heavy atom. The summed E-state index contributed by atoms with van der Waals surface area (Å²) in [5, 5.41) is 4.50. The van der Waals surface area contributed by atoms with Crippen LogP contribution in [0, 0.1) is 5.82 Å². The minimum Gasteiger partial charge on any atom is -0.324 e. The number of hydrogen-bond acceptors (Lipinski definition) is 3. The van der Waals surface area contributed by atoms with Crippen LogP contribution in [0.15, 0.2) is 18.2 Å². The van der Waals surface area contributed by atoms with E-state index in [4.69, 9.17) is 17.3 Å². The summed E-state index contributed by atoms with van der Waals surface area (Å²) in [5.74, 6) is 1.49. The van der Waals surface area contributed by atoms with Crippen molar-refractivity contribution in [3.8, 4) is 5.69 Å². The van der Waals surface area contributed by atoms with Gasteiger partial charge in [-0.1, -0.05) is 11.6 Å². The van der Waals surface area contributed by atoms with Crippen molar-refractivity contribution < 1.29 is 4.39 Å². The molecule has 1 aromatic heterocycles. The standard InChI is InChI=1S/C12H12ClFN4/c13-9-5-8(3-4-10(9)14)18-11(6-15)16-12(17-18)7-1-2-7/h3-5,7H,1-2,6,15H2. The van der Waals surface area contributed by atoms with Crippen molar-refractivity contribution >= 4 is 11.6 Å². The molecule has 0 aliphatic heterocycles. The van der Waals surface area contributed by atoms with Crippen LogP contribution in [0.4, 0.5) is 4.39 Å². The molecule has 94 valence electrons. The van der Waals surface area contributed by atoms with E-state index in [1.807, 2.05) is 0 Å². The number of hydrogen-bond donors (Lipinski definition) is 1. The number of nitrogens with two attached hydrogens (primary N) is 1. The molecule has 1 aliphatic rings. The molecule has 1 heterocycles. The first-order chi connectivity index (χ1) is 8.69. The van der Waals surface area contributed by atoms with Gasteiger partial charge in [0.25, 0.3) is 0 Å². The Morgan fingerprint density at radius 2 is 2.22 bits per heavy atom. The quantitative estimate of drug-likeness (QED) is 0.928. The van der Waals surface area contributed by atoms with Gasteiger partial charge in [0.2, 0.25) is 0 Å². The summed E-state index contributed by atoms with van der Waals surface area (Å²) in [6, 6.07) is 4.46. The lowest BCUT2D eigenvalue weighted by molar-refractivity contribution is 0.627. The molecular weight excluding hydrogens is 255 g/mol. The average molecular weight is 267 g/mol. The molecule has 0 saturated heterocycles. The van der Waals surface area contributed by atoms with Crippen molar-refractivity contribution in [1.82, 2.24) is 14.8 Å². The third kappa shape index (κ3) is 2.00. The molecule has 0 radical (unpaired) electrons. The predicted octanol–water partition coefficient (Wildman–Crippen LogP) is 2.40. The Balaban J connectivity index is 2.06. The molecule has 18 heavy (non-hydrogen) atoms. The zero-order chi connectivity index (χ0) is 12.7. The van der Waals surface area contributed by atoms with Gasteiger partial charge < -0.3 is 5.73 Å². The number of rotatable bonds is 3. The molecule has 0 spiro atoms. The summed E-state index contributed by atoms with van der Waals surface area (Å²) >= 11 is 5.77. The molecule has 0 amide bonds. The van der Waals surface area contributed by atoms with Gasteiger partial charge in [0.1, 0.15) is 11.6 Å². The Morgan fingerprint density at radius 3 is 2.83 bits per heavy atom. The number of aromatic nitrogens is 3. The van der Waals surface area contributed by atoms with E-state index in [-0.39, 0.29) is 11.6 Å². The number of halogens is 2. The molecule has 0 bridgehead atoms. The zero-order valence-corrected chi connectivity index (χ0v) is 10.4. The van der Waals surface area contributed by atoms with Gasteiger partial charge >= 0.3 is 0 Å². The topological polar surface area (TPSA) is 56.7 Å². The highest BCUT2D eigenvalue weighted by atomic mass is 35.5. The van der Waals surface area contributed by atoms with Gasteiger partial charge in [-0.3, -0.25) is 0 Å². The summed E-state index contributed by atoms with van der Waals surface area (Å²) < 4.78 is 14.8. The van der Waals surface area contributed by atoms with E-state index in [1.165, 1.54) is 12.1 Å². The van der Waals surface area contributed by atoms with Crippen LogP contribution in [0.2, 0.25) is 5.02 Å². The second-order valence-electron chi connectivity index (χ2n) is 4.37. The molecule has 6 heteroatoms. The maximum absolute atomic E-state index is 13.1. The van der Waals surface area contributed by atoms with Crippen molar-refractivity contribution in [3.05, 3.63) is 40.7 Å². The molecule has 1 aliphatic carbocycles. The second-order valence-corrected chi connectivity index (χ2v) is 4.78. The van der Waals surface area contributed by atoms with Crippen LogP contribution in [0.5, 0.6) is 0 Å². The molecule has 1 aromatic carbocycles. The van der Waals surface area contributed by atoms with Gasteiger partial charge in [-0.15, -0.1) is 0 Å². The highest BCUT2D eigenvalue weighted by molar-refractivity contribution is 6.30. The molecule has 3 rings (SSSR count). The third-order valence-electron chi connectivity index (χ3n) is 2.96. The third-order valence-corrected chi connectivity index (χ3v) is 3.25. The van der Waals surface area contributed by atoms with Crippen molar-refractivity contribution in [2.24, 2.45) is 5.73 Å². The lowest BCUT2D eigenvalue weighted by Gasteiger charge is -2.04. The smallest absolute Gasteiger partial charge is 0.154 e. The highest BCUT2D eigenvalue weighted by Gasteiger charge is 2.29. The van der Waals surface area contributed by atoms with E-state index in [2.05, 4.69) is 10.1 Å². The minimum absolute atomic E-state index is 0.0685. The monoisotopic (exact) mass is 266 g/mol. The minimum atomic E-state index is -0.447. The summed E-state index contributed by atoms with van der Waals surface area (Å²) in [4.78, 5) is 4.41. The lowest BCUT2D eigenvalue weighted by Crippen LogP contribution is -2.08. The SMILES string of the molecule is NCc1nc(C2CC2)nn1-c1ccc(F)c(Cl)c1. The van der Waals surface area contributed by atoms with Crippen LogP contribution in [-0.4, -0.2) is 14.8 Å². The first-order valence-electron chi connectivity index (χ1n) is 5.80.